The van der Waals surface area contributed by atoms with E-state index in [0.29, 0.717) is 27.9 Å². The number of halogens is 1. The van der Waals surface area contributed by atoms with E-state index >= 15 is 0 Å². The quantitative estimate of drug-likeness (QED) is 0.416. The normalized spacial score (nSPS) is 10.8. The number of ketones is 1. The second-order valence-electron chi connectivity index (χ2n) is 7.50. The van der Waals surface area contributed by atoms with Gasteiger partial charge in [-0.25, -0.2) is 4.39 Å². The number of amides is 1. The van der Waals surface area contributed by atoms with E-state index in [4.69, 9.17) is 4.74 Å². The number of para-hydroxylation sites is 1. The van der Waals surface area contributed by atoms with Crippen molar-refractivity contribution in [3.8, 4) is 5.75 Å². The lowest BCUT2D eigenvalue weighted by atomic mass is 10.1. The van der Waals surface area contributed by atoms with Crippen LogP contribution in [0.3, 0.4) is 0 Å². The van der Waals surface area contributed by atoms with Crippen LogP contribution in [0.15, 0.2) is 83.7 Å². The highest BCUT2D eigenvalue weighted by Crippen LogP contribution is 2.19. The largest absolute Gasteiger partial charge is 0.497 e. The summed E-state index contributed by atoms with van der Waals surface area (Å²) in [5, 5.41) is 0.649. The molecule has 0 N–H and O–H groups in total. The van der Waals surface area contributed by atoms with Gasteiger partial charge >= 0.3 is 0 Å². The Kier molecular flexibility index (Phi) is 6.04. The van der Waals surface area contributed by atoms with Crippen molar-refractivity contribution in [2.45, 2.75) is 6.54 Å². The van der Waals surface area contributed by atoms with Gasteiger partial charge in [0.1, 0.15) is 17.1 Å². The Morgan fingerprint density at radius 1 is 0.970 bits per heavy atom. The van der Waals surface area contributed by atoms with Gasteiger partial charge in [0, 0.05) is 18.3 Å². The van der Waals surface area contributed by atoms with Gasteiger partial charge in [-0.3, -0.25) is 19.0 Å². The van der Waals surface area contributed by atoms with Crippen LogP contribution in [-0.2, 0) is 6.54 Å². The van der Waals surface area contributed by atoms with Crippen LogP contribution < -0.4 is 15.2 Å². The Balaban J connectivity index is 1.75. The van der Waals surface area contributed by atoms with Gasteiger partial charge in [0.2, 0.25) is 0 Å². The van der Waals surface area contributed by atoms with E-state index in [1.54, 1.807) is 48.5 Å². The zero-order chi connectivity index (χ0) is 23.5. The molecule has 1 aromatic heterocycles. The fourth-order valence-corrected chi connectivity index (χ4v) is 3.61. The molecule has 7 heteroatoms. The molecule has 0 bridgehead atoms. The lowest BCUT2D eigenvalue weighted by Crippen LogP contribution is -2.35. The lowest BCUT2D eigenvalue weighted by Gasteiger charge is -2.19. The first-order chi connectivity index (χ1) is 15.9. The number of carbonyl (C=O) groups excluding carboxylic acids is 2. The van der Waals surface area contributed by atoms with Gasteiger partial charge in [0.05, 0.1) is 19.2 Å². The van der Waals surface area contributed by atoms with Crippen molar-refractivity contribution >= 4 is 28.3 Å². The summed E-state index contributed by atoms with van der Waals surface area (Å²) in [7, 11) is 3.05. The number of anilines is 1. The third-order valence-corrected chi connectivity index (χ3v) is 5.47. The maximum Gasteiger partial charge on any atom is 0.264 e. The summed E-state index contributed by atoms with van der Waals surface area (Å²) in [6.45, 7) is -0.229. The Labute approximate surface area is 189 Å². The second kappa shape index (κ2) is 9.08. The van der Waals surface area contributed by atoms with Crippen molar-refractivity contribution < 1.29 is 18.7 Å². The van der Waals surface area contributed by atoms with Crippen molar-refractivity contribution in [2.24, 2.45) is 0 Å². The van der Waals surface area contributed by atoms with Crippen molar-refractivity contribution in [1.82, 2.24) is 4.57 Å². The number of hydrogen-bond donors (Lipinski definition) is 0. The van der Waals surface area contributed by atoms with E-state index < -0.39 is 17.3 Å². The molecule has 0 saturated heterocycles. The number of nitrogens with zero attached hydrogens (tertiary/aromatic N) is 2. The molecule has 3 aromatic carbocycles. The molecule has 0 aliphatic carbocycles. The molecule has 0 spiro atoms. The van der Waals surface area contributed by atoms with E-state index in [1.165, 1.54) is 54.0 Å². The van der Waals surface area contributed by atoms with Crippen molar-refractivity contribution in [3.05, 3.63) is 106 Å². The van der Waals surface area contributed by atoms with Crippen LogP contribution in [0.5, 0.6) is 5.75 Å². The molecule has 0 atom stereocenters. The second-order valence-corrected chi connectivity index (χ2v) is 7.50. The summed E-state index contributed by atoms with van der Waals surface area (Å²) in [6, 6.07) is 20.6. The molecule has 0 fully saturated rings. The van der Waals surface area contributed by atoms with Crippen molar-refractivity contribution in [3.63, 3.8) is 0 Å². The van der Waals surface area contributed by atoms with Crippen molar-refractivity contribution in [2.75, 3.05) is 19.1 Å². The highest BCUT2D eigenvalue weighted by atomic mass is 19.1. The van der Waals surface area contributed by atoms with Gasteiger partial charge in [-0.1, -0.05) is 18.2 Å². The van der Waals surface area contributed by atoms with Crippen LogP contribution >= 0.6 is 0 Å². The molecule has 33 heavy (non-hydrogen) atoms. The minimum Gasteiger partial charge on any atom is -0.497 e. The van der Waals surface area contributed by atoms with Crippen LogP contribution in [0, 0.1) is 5.82 Å². The highest BCUT2D eigenvalue weighted by molar-refractivity contribution is 6.07. The van der Waals surface area contributed by atoms with Crippen LogP contribution in [0.4, 0.5) is 10.1 Å². The third-order valence-electron chi connectivity index (χ3n) is 5.47. The molecule has 4 aromatic rings. The third kappa shape index (κ3) is 4.39. The molecule has 0 aliphatic heterocycles. The van der Waals surface area contributed by atoms with E-state index in [1.807, 2.05) is 0 Å². The number of fused-ring (bicyclic) bond motifs is 1. The number of methoxy groups -OCH3 is 1. The number of aromatic nitrogens is 1. The SMILES string of the molecule is COc1ccc(C(=O)Cn2c(=O)c(C(=O)N(C)c3ccc(F)cc3)cc3ccccc32)cc1. The highest BCUT2D eigenvalue weighted by Gasteiger charge is 2.21. The first kappa shape index (κ1) is 22.0. The van der Waals surface area contributed by atoms with Crippen LogP contribution in [-0.4, -0.2) is 30.4 Å². The Bertz CT molecular complexity index is 1390. The zero-order valence-electron chi connectivity index (χ0n) is 18.1. The zero-order valence-corrected chi connectivity index (χ0v) is 18.1. The minimum atomic E-state index is -0.575. The smallest absolute Gasteiger partial charge is 0.264 e. The molecule has 1 amide bonds. The molecule has 0 radical (unpaired) electrons. The number of rotatable bonds is 6. The van der Waals surface area contributed by atoms with Gasteiger partial charge in [-0.05, 0) is 66.0 Å². The average Bonchev–Trinajstić information content (AvgIpc) is 2.85. The van der Waals surface area contributed by atoms with Gasteiger partial charge in [-0.15, -0.1) is 0 Å². The predicted molar refractivity (Wildman–Crippen MR) is 125 cm³/mol. The molecule has 0 saturated carbocycles. The van der Waals surface area contributed by atoms with Gasteiger partial charge in [0.25, 0.3) is 11.5 Å². The maximum atomic E-state index is 13.4. The molecule has 166 valence electrons. The molecule has 0 aliphatic rings. The lowest BCUT2D eigenvalue weighted by molar-refractivity contribution is 0.0963. The summed E-state index contributed by atoms with van der Waals surface area (Å²) in [6.07, 6.45) is 0. The van der Waals surface area contributed by atoms with E-state index in [-0.39, 0.29) is 17.9 Å². The topological polar surface area (TPSA) is 68.6 Å². The molecule has 1 heterocycles. The van der Waals surface area contributed by atoms with Gasteiger partial charge < -0.3 is 9.64 Å². The first-order valence-corrected chi connectivity index (χ1v) is 10.2. The predicted octanol–water partition coefficient (Wildman–Crippen LogP) is 4.31. The summed E-state index contributed by atoms with van der Waals surface area (Å²) < 4.78 is 19.7. The first-order valence-electron chi connectivity index (χ1n) is 10.2. The Hall–Kier alpha value is -4.26. The van der Waals surface area contributed by atoms with Crippen molar-refractivity contribution in [1.29, 1.82) is 0 Å². The number of carbonyl (C=O) groups is 2. The number of pyridine rings is 1. The monoisotopic (exact) mass is 444 g/mol. The number of benzene rings is 3. The molecule has 6 nitrogen and oxygen atoms in total. The summed E-state index contributed by atoms with van der Waals surface area (Å²) in [4.78, 5) is 40.8. The maximum absolute atomic E-state index is 13.4. The van der Waals surface area contributed by atoms with Gasteiger partial charge in [-0.2, -0.15) is 0 Å². The van der Waals surface area contributed by atoms with Crippen LogP contribution in [0.25, 0.3) is 10.9 Å². The van der Waals surface area contributed by atoms with E-state index in [9.17, 15) is 18.8 Å². The van der Waals surface area contributed by atoms with Gasteiger partial charge in [0.15, 0.2) is 5.78 Å². The van der Waals surface area contributed by atoms with E-state index in [0.717, 1.165) is 0 Å². The van der Waals surface area contributed by atoms with Crippen LogP contribution in [0.2, 0.25) is 0 Å². The average molecular weight is 444 g/mol. The molecular formula is C26H21FN2O4. The summed E-state index contributed by atoms with van der Waals surface area (Å²) in [5.74, 6) is -0.639. The summed E-state index contributed by atoms with van der Waals surface area (Å²) >= 11 is 0. The fourth-order valence-electron chi connectivity index (χ4n) is 3.61. The van der Waals surface area contributed by atoms with Crippen LogP contribution in [0.1, 0.15) is 20.7 Å². The standard InChI is InChI=1S/C26H21FN2O4/c1-28(20-11-9-19(27)10-12-20)25(31)22-15-18-5-3-4-6-23(18)29(26(22)32)16-24(30)17-7-13-21(33-2)14-8-17/h3-15H,16H2,1-2H3. The number of Topliss-reactive ketones (excluding diaryl/α,β-unsaturated/α-hetero) is 1. The Morgan fingerprint density at radius 3 is 2.30 bits per heavy atom. The number of ether oxygens (including phenoxy) is 1. The molecular weight excluding hydrogens is 423 g/mol. The number of hydrogen-bond acceptors (Lipinski definition) is 4. The Morgan fingerprint density at radius 2 is 1.64 bits per heavy atom. The molecule has 4 rings (SSSR count). The minimum absolute atomic E-state index is 0.0805. The summed E-state index contributed by atoms with van der Waals surface area (Å²) in [5.41, 5.74) is 0.754. The molecule has 0 unspecified atom stereocenters. The fraction of sp³-hybridized carbons (Fsp3) is 0.115. The van der Waals surface area contributed by atoms with E-state index in [2.05, 4.69) is 0 Å².